The molecule has 0 spiro atoms. The average molecular weight is 340 g/mol. The lowest BCUT2D eigenvalue weighted by Gasteiger charge is -2.30. The molecule has 1 aliphatic heterocycles. The van der Waals surface area contributed by atoms with Crippen LogP contribution < -0.4 is 0 Å². The molecule has 6 nitrogen and oxygen atoms in total. The van der Waals surface area contributed by atoms with Gasteiger partial charge in [0, 0.05) is 6.61 Å². The van der Waals surface area contributed by atoms with Gasteiger partial charge in [-0.05, 0) is 46.6 Å². The van der Waals surface area contributed by atoms with Crippen LogP contribution in [0, 0.1) is 5.41 Å². The monoisotopic (exact) mass is 340 g/mol. The van der Waals surface area contributed by atoms with E-state index in [-0.39, 0.29) is 19.8 Å². The Kier molecular flexibility index (Phi) is 7.17. The lowest BCUT2D eigenvalue weighted by atomic mass is 9.74. The number of rotatable bonds is 8. The largest absolute Gasteiger partial charge is 0.465 e. The van der Waals surface area contributed by atoms with Gasteiger partial charge in [-0.3, -0.25) is 9.59 Å². The molecule has 1 rings (SSSR count). The molecule has 1 fully saturated rings. The molecule has 0 aromatic carbocycles. The SMILES string of the molecule is C=CC/C=C1\C(C)(C)OC(OCC)C1(C(=O)OCC)C(=O)OCC. The van der Waals surface area contributed by atoms with Crippen LogP contribution in [0.5, 0.6) is 0 Å². The summed E-state index contributed by atoms with van der Waals surface area (Å²) in [7, 11) is 0. The van der Waals surface area contributed by atoms with Gasteiger partial charge in [0.1, 0.15) is 0 Å². The van der Waals surface area contributed by atoms with Gasteiger partial charge in [-0.15, -0.1) is 6.58 Å². The molecule has 1 saturated heterocycles. The number of carbonyl (C=O) groups is 2. The molecule has 1 atom stereocenters. The van der Waals surface area contributed by atoms with Crippen LogP contribution in [0.3, 0.4) is 0 Å². The average Bonchev–Trinajstić information content (AvgIpc) is 2.73. The van der Waals surface area contributed by atoms with E-state index in [0.29, 0.717) is 12.0 Å². The van der Waals surface area contributed by atoms with E-state index in [4.69, 9.17) is 18.9 Å². The van der Waals surface area contributed by atoms with Crippen molar-refractivity contribution < 1.29 is 28.5 Å². The third kappa shape index (κ3) is 3.54. The Morgan fingerprint density at radius 1 is 1.12 bits per heavy atom. The maximum Gasteiger partial charge on any atom is 0.333 e. The third-order valence-electron chi connectivity index (χ3n) is 3.83. The summed E-state index contributed by atoms with van der Waals surface area (Å²) in [5.74, 6) is -1.44. The van der Waals surface area contributed by atoms with Crippen molar-refractivity contribution in [1.82, 2.24) is 0 Å². The van der Waals surface area contributed by atoms with E-state index in [1.165, 1.54) is 0 Å². The first kappa shape index (κ1) is 20.4. The van der Waals surface area contributed by atoms with Crippen LogP contribution in [0.25, 0.3) is 0 Å². The van der Waals surface area contributed by atoms with Gasteiger partial charge in [-0.2, -0.15) is 0 Å². The number of carbonyl (C=O) groups excluding carboxylic acids is 2. The molecule has 0 bridgehead atoms. The summed E-state index contributed by atoms with van der Waals surface area (Å²) in [6, 6.07) is 0. The summed E-state index contributed by atoms with van der Waals surface area (Å²) in [5, 5.41) is 0. The maximum atomic E-state index is 12.9. The Morgan fingerprint density at radius 2 is 1.67 bits per heavy atom. The molecular weight excluding hydrogens is 312 g/mol. The first-order valence-electron chi connectivity index (χ1n) is 8.28. The Hall–Kier alpha value is -1.66. The van der Waals surface area contributed by atoms with E-state index < -0.39 is 29.2 Å². The number of hydrogen-bond acceptors (Lipinski definition) is 6. The highest BCUT2D eigenvalue weighted by Crippen LogP contribution is 2.51. The zero-order valence-electron chi connectivity index (χ0n) is 15.2. The summed E-state index contributed by atoms with van der Waals surface area (Å²) in [6.45, 7) is 12.9. The standard InChI is InChI=1S/C18H28O6/c1-7-11-12-13-17(5,6)24-16(23-10-4)18(13,14(19)21-8-2)15(20)22-9-3/h7,12,16H,1,8-11H2,2-6H3/b13-12+. The van der Waals surface area contributed by atoms with Crippen molar-refractivity contribution in [3.8, 4) is 0 Å². The highest BCUT2D eigenvalue weighted by molar-refractivity contribution is 6.05. The van der Waals surface area contributed by atoms with Crippen LogP contribution in [0.15, 0.2) is 24.3 Å². The zero-order valence-corrected chi connectivity index (χ0v) is 15.2. The zero-order chi connectivity index (χ0) is 18.4. The normalized spacial score (nSPS) is 23.0. The molecule has 0 aliphatic carbocycles. The predicted octanol–water partition coefficient (Wildman–Crippen LogP) is 2.77. The minimum absolute atomic E-state index is 0.133. The Labute approximate surface area is 143 Å². The fraction of sp³-hybridized carbons (Fsp3) is 0.667. The molecule has 6 heteroatoms. The van der Waals surface area contributed by atoms with Gasteiger partial charge in [-0.25, -0.2) is 0 Å². The van der Waals surface area contributed by atoms with Gasteiger partial charge in [0.25, 0.3) is 0 Å². The van der Waals surface area contributed by atoms with Gasteiger partial charge in [0.15, 0.2) is 6.29 Å². The second-order valence-electron chi connectivity index (χ2n) is 5.81. The first-order valence-corrected chi connectivity index (χ1v) is 8.28. The molecule has 0 radical (unpaired) electrons. The molecule has 1 unspecified atom stereocenters. The quantitative estimate of drug-likeness (QED) is 0.384. The Morgan fingerprint density at radius 3 is 2.08 bits per heavy atom. The summed E-state index contributed by atoms with van der Waals surface area (Å²) in [6.07, 6.45) is 2.81. The van der Waals surface area contributed by atoms with Crippen molar-refractivity contribution in [3.63, 3.8) is 0 Å². The van der Waals surface area contributed by atoms with Crippen LogP contribution in [-0.2, 0) is 28.5 Å². The number of esters is 2. The van der Waals surface area contributed by atoms with Crippen molar-refractivity contribution >= 4 is 11.9 Å². The van der Waals surface area contributed by atoms with E-state index in [1.807, 2.05) is 0 Å². The maximum absolute atomic E-state index is 12.9. The van der Waals surface area contributed by atoms with Crippen LogP contribution in [0.2, 0.25) is 0 Å². The minimum Gasteiger partial charge on any atom is -0.465 e. The van der Waals surface area contributed by atoms with E-state index in [0.717, 1.165) is 0 Å². The van der Waals surface area contributed by atoms with Gasteiger partial charge in [0.05, 0.1) is 18.8 Å². The second kappa shape index (κ2) is 8.44. The van der Waals surface area contributed by atoms with Crippen molar-refractivity contribution in [2.45, 2.75) is 52.9 Å². The summed E-state index contributed by atoms with van der Waals surface area (Å²) in [5.41, 5.74) is -2.18. The smallest absolute Gasteiger partial charge is 0.333 e. The van der Waals surface area contributed by atoms with Crippen molar-refractivity contribution in [2.75, 3.05) is 19.8 Å². The van der Waals surface area contributed by atoms with Crippen molar-refractivity contribution in [2.24, 2.45) is 5.41 Å². The molecule has 0 N–H and O–H groups in total. The second-order valence-corrected chi connectivity index (χ2v) is 5.81. The highest BCUT2D eigenvalue weighted by atomic mass is 16.7. The highest BCUT2D eigenvalue weighted by Gasteiger charge is 2.68. The number of allylic oxidation sites excluding steroid dienone is 2. The van der Waals surface area contributed by atoms with Gasteiger partial charge in [0.2, 0.25) is 5.41 Å². The topological polar surface area (TPSA) is 71.1 Å². The fourth-order valence-electron chi connectivity index (χ4n) is 2.93. The predicted molar refractivity (Wildman–Crippen MR) is 89.2 cm³/mol. The lowest BCUT2D eigenvalue weighted by molar-refractivity contribution is -0.211. The fourth-order valence-corrected chi connectivity index (χ4v) is 2.93. The molecular formula is C18H28O6. The van der Waals surface area contributed by atoms with Gasteiger partial charge >= 0.3 is 11.9 Å². The number of hydrogen-bond donors (Lipinski definition) is 0. The van der Waals surface area contributed by atoms with E-state index in [9.17, 15) is 9.59 Å². The molecule has 1 aliphatic rings. The van der Waals surface area contributed by atoms with Crippen LogP contribution in [-0.4, -0.2) is 43.7 Å². The first-order chi connectivity index (χ1) is 11.3. The molecule has 24 heavy (non-hydrogen) atoms. The Bertz CT molecular complexity index is 488. The van der Waals surface area contributed by atoms with E-state index in [2.05, 4.69) is 6.58 Å². The van der Waals surface area contributed by atoms with Crippen molar-refractivity contribution in [1.29, 1.82) is 0 Å². The summed E-state index contributed by atoms with van der Waals surface area (Å²) < 4.78 is 22.0. The number of ether oxygens (including phenoxy) is 4. The molecule has 1 heterocycles. The van der Waals surface area contributed by atoms with Crippen LogP contribution in [0.1, 0.15) is 41.0 Å². The summed E-state index contributed by atoms with van der Waals surface area (Å²) >= 11 is 0. The van der Waals surface area contributed by atoms with Gasteiger partial charge < -0.3 is 18.9 Å². The lowest BCUT2D eigenvalue weighted by Crippen LogP contribution is -2.50. The molecule has 0 amide bonds. The Balaban J connectivity index is 3.60. The molecule has 0 aromatic heterocycles. The third-order valence-corrected chi connectivity index (χ3v) is 3.83. The molecule has 0 aromatic rings. The van der Waals surface area contributed by atoms with E-state index >= 15 is 0 Å². The van der Waals surface area contributed by atoms with E-state index in [1.54, 1.807) is 46.8 Å². The minimum atomic E-state index is -1.77. The van der Waals surface area contributed by atoms with Crippen molar-refractivity contribution in [3.05, 3.63) is 24.3 Å². The van der Waals surface area contributed by atoms with Crippen LogP contribution >= 0.6 is 0 Å². The molecule has 0 saturated carbocycles. The van der Waals surface area contributed by atoms with Crippen LogP contribution in [0.4, 0.5) is 0 Å². The summed E-state index contributed by atoms with van der Waals surface area (Å²) in [4.78, 5) is 25.8. The molecule has 136 valence electrons. The van der Waals surface area contributed by atoms with Gasteiger partial charge in [-0.1, -0.05) is 12.2 Å².